The van der Waals surface area contributed by atoms with Crippen LogP contribution in [0.25, 0.3) is 11.3 Å². The Balaban J connectivity index is 1.87. The van der Waals surface area contributed by atoms with Gasteiger partial charge < -0.3 is 10.1 Å². The molecule has 26 heavy (non-hydrogen) atoms. The average Bonchev–Trinajstić information content (AvgIpc) is 2.77. The molecule has 1 aromatic carbocycles. The van der Waals surface area contributed by atoms with Crippen LogP contribution >= 0.6 is 11.8 Å². The Labute approximate surface area is 159 Å². The predicted molar refractivity (Wildman–Crippen MR) is 108 cm³/mol. The number of thioether (sulfide) groups is 1. The Kier molecular flexibility index (Phi) is 6.14. The SMILES string of the molecule is CC/C=C(/C)CC(C)CC1Nc2ccccc2-c2nnc(SC)nc2O1. The molecule has 2 aromatic rings. The number of nitrogens with one attached hydrogen (secondary N) is 1. The number of allylic oxidation sites excluding steroid dienone is 2. The third-order valence-electron chi connectivity index (χ3n) is 4.41. The van der Waals surface area contributed by atoms with Gasteiger partial charge in [-0.2, -0.15) is 4.98 Å². The minimum atomic E-state index is -0.145. The number of para-hydroxylation sites is 1. The summed E-state index contributed by atoms with van der Waals surface area (Å²) in [6.45, 7) is 6.64. The molecule has 1 N–H and O–H groups in total. The highest BCUT2D eigenvalue weighted by Crippen LogP contribution is 2.37. The lowest BCUT2D eigenvalue weighted by Crippen LogP contribution is -2.28. The standard InChI is InChI=1S/C20H26N4OS/c1-5-8-13(2)11-14(3)12-17-21-16-10-7-6-9-15(16)18-19(25-17)22-20(26-4)24-23-18/h6-10,14,17,21H,5,11-12H2,1-4H3/b13-8-. The highest BCUT2D eigenvalue weighted by atomic mass is 32.2. The molecule has 1 aliphatic rings. The van der Waals surface area contributed by atoms with E-state index in [2.05, 4.69) is 53.4 Å². The molecule has 2 atom stereocenters. The summed E-state index contributed by atoms with van der Waals surface area (Å²) in [5.74, 6) is 1.05. The minimum absolute atomic E-state index is 0.145. The molecule has 1 aliphatic heterocycles. The second-order valence-electron chi connectivity index (χ2n) is 6.75. The van der Waals surface area contributed by atoms with Crippen molar-refractivity contribution >= 4 is 17.4 Å². The maximum atomic E-state index is 6.24. The highest BCUT2D eigenvalue weighted by Gasteiger charge is 2.25. The second-order valence-corrected chi connectivity index (χ2v) is 7.53. The number of hydrogen-bond donors (Lipinski definition) is 1. The molecule has 2 heterocycles. The van der Waals surface area contributed by atoms with Crippen LogP contribution in [0.1, 0.15) is 40.0 Å². The van der Waals surface area contributed by atoms with Crippen LogP contribution in [-0.4, -0.2) is 27.7 Å². The summed E-state index contributed by atoms with van der Waals surface area (Å²) in [6.07, 6.45) is 7.13. The molecule has 2 unspecified atom stereocenters. The zero-order chi connectivity index (χ0) is 18.5. The zero-order valence-electron chi connectivity index (χ0n) is 15.8. The fourth-order valence-corrected chi connectivity index (χ4v) is 3.62. The van der Waals surface area contributed by atoms with Gasteiger partial charge in [0.2, 0.25) is 11.0 Å². The number of benzene rings is 1. The van der Waals surface area contributed by atoms with Gasteiger partial charge in [0.1, 0.15) is 0 Å². The smallest absolute Gasteiger partial charge is 0.247 e. The van der Waals surface area contributed by atoms with Gasteiger partial charge >= 0.3 is 0 Å². The predicted octanol–water partition coefficient (Wildman–Crippen LogP) is 5.16. The van der Waals surface area contributed by atoms with E-state index in [4.69, 9.17) is 4.74 Å². The van der Waals surface area contributed by atoms with Crippen molar-refractivity contribution < 1.29 is 4.74 Å². The zero-order valence-corrected chi connectivity index (χ0v) is 16.6. The van der Waals surface area contributed by atoms with Crippen LogP contribution in [0.3, 0.4) is 0 Å². The molecule has 0 spiro atoms. The number of ether oxygens (including phenoxy) is 1. The summed E-state index contributed by atoms with van der Waals surface area (Å²) in [5, 5.41) is 12.7. The van der Waals surface area contributed by atoms with Gasteiger partial charge in [0.15, 0.2) is 11.9 Å². The van der Waals surface area contributed by atoms with Crippen LogP contribution in [0.2, 0.25) is 0 Å². The van der Waals surface area contributed by atoms with E-state index in [9.17, 15) is 0 Å². The Hall–Kier alpha value is -2.08. The van der Waals surface area contributed by atoms with Gasteiger partial charge in [-0.1, -0.05) is 55.5 Å². The summed E-state index contributed by atoms with van der Waals surface area (Å²) in [7, 11) is 0. The first kappa shape index (κ1) is 18.7. The van der Waals surface area contributed by atoms with Gasteiger partial charge in [0.25, 0.3) is 0 Å². The number of hydrogen-bond acceptors (Lipinski definition) is 6. The van der Waals surface area contributed by atoms with Crippen molar-refractivity contribution in [1.82, 2.24) is 15.2 Å². The molecule has 0 saturated heterocycles. The molecule has 0 amide bonds. The summed E-state index contributed by atoms with van der Waals surface area (Å²) in [6, 6.07) is 8.09. The number of aromatic nitrogens is 3. The van der Waals surface area contributed by atoms with Gasteiger partial charge in [-0.3, -0.25) is 0 Å². The lowest BCUT2D eigenvalue weighted by molar-refractivity contribution is 0.189. The number of nitrogens with zero attached hydrogens (tertiary/aromatic N) is 3. The summed E-state index contributed by atoms with van der Waals surface area (Å²) in [5.41, 5.74) is 4.12. The molecule has 138 valence electrons. The van der Waals surface area contributed by atoms with Crippen molar-refractivity contribution in [1.29, 1.82) is 0 Å². The van der Waals surface area contributed by atoms with Crippen molar-refractivity contribution in [3.63, 3.8) is 0 Å². The third kappa shape index (κ3) is 4.36. The van der Waals surface area contributed by atoms with Crippen LogP contribution in [0.5, 0.6) is 5.88 Å². The van der Waals surface area contributed by atoms with Gasteiger partial charge in [-0.05, 0) is 38.0 Å². The molecular weight excluding hydrogens is 344 g/mol. The molecule has 0 saturated carbocycles. The van der Waals surface area contributed by atoms with E-state index in [1.165, 1.54) is 17.3 Å². The first-order valence-electron chi connectivity index (χ1n) is 9.07. The van der Waals surface area contributed by atoms with Crippen LogP contribution in [0, 0.1) is 5.92 Å². The Morgan fingerprint density at radius 2 is 2.15 bits per heavy atom. The first-order chi connectivity index (χ1) is 12.6. The fraction of sp³-hybridized carbons (Fsp3) is 0.450. The molecule has 0 aliphatic carbocycles. The Bertz CT molecular complexity index is 793. The van der Waals surface area contributed by atoms with Gasteiger partial charge in [0.05, 0.1) is 0 Å². The Morgan fingerprint density at radius 3 is 2.92 bits per heavy atom. The largest absolute Gasteiger partial charge is 0.452 e. The molecule has 3 rings (SSSR count). The molecule has 0 bridgehead atoms. The maximum Gasteiger partial charge on any atom is 0.247 e. The normalized spacial score (nSPS) is 17.4. The highest BCUT2D eigenvalue weighted by molar-refractivity contribution is 7.98. The van der Waals surface area contributed by atoms with E-state index in [1.54, 1.807) is 0 Å². The van der Waals surface area contributed by atoms with Crippen molar-refractivity contribution in [3.05, 3.63) is 35.9 Å². The van der Waals surface area contributed by atoms with E-state index >= 15 is 0 Å². The summed E-state index contributed by atoms with van der Waals surface area (Å²) >= 11 is 1.47. The van der Waals surface area contributed by atoms with E-state index in [-0.39, 0.29) is 6.23 Å². The van der Waals surface area contributed by atoms with Crippen LogP contribution in [-0.2, 0) is 0 Å². The first-order valence-corrected chi connectivity index (χ1v) is 10.3. The van der Waals surface area contributed by atoms with E-state index in [0.717, 1.165) is 30.5 Å². The van der Waals surface area contributed by atoms with E-state index in [0.29, 0.717) is 22.6 Å². The van der Waals surface area contributed by atoms with Crippen molar-refractivity contribution in [2.45, 2.75) is 51.4 Å². The Morgan fingerprint density at radius 1 is 1.35 bits per heavy atom. The van der Waals surface area contributed by atoms with Crippen molar-refractivity contribution in [3.8, 4) is 17.1 Å². The van der Waals surface area contributed by atoms with Gasteiger partial charge in [-0.25, -0.2) is 0 Å². The molecule has 6 heteroatoms. The topological polar surface area (TPSA) is 59.9 Å². The van der Waals surface area contributed by atoms with Crippen LogP contribution in [0.15, 0.2) is 41.1 Å². The molecule has 0 radical (unpaired) electrons. The summed E-state index contributed by atoms with van der Waals surface area (Å²) < 4.78 is 6.24. The number of fused-ring (bicyclic) bond motifs is 3. The summed E-state index contributed by atoms with van der Waals surface area (Å²) in [4.78, 5) is 4.55. The molecule has 1 aromatic heterocycles. The number of rotatable bonds is 6. The minimum Gasteiger partial charge on any atom is -0.452 e. The quantitative estimate of drug-likeness (QED) is 0.559. The molecule has 0 fully saturated rings. The number of anilines is 1. The van der Waals surface area contributed by atoms with Crippen molar-refractivity contribution in [2.24, 2.45) is 5.92 Å². The van der Waals surface area contributed by atoms with E-state index < -0.39 is 0 Å². The van der Waals surface area contributed by atoms with Gasteiger partial charge in [0, 0.05) is 17.7 Å². The second kappa shape index (κ2) is 8.54. The maximum absolute atomic E-state index is 6.24. The molecule has 5 nitrogen and oxygen atoms in total. The fourth-order valence-electron chi connectivity index (χ4n) is 3.33. The van der Waals surface area contributed by atoms with Crippen LogP contribution in [0.4, 0.5) is 5.69 Å². The van der Waals surface area contributed by atoms with Crippen LogP contribution < -0.4 is 10.1 Å². The van der Waals surface area contributed by atoms with Gasteiger partial charge in [-0.15, -0.1) is 10.2 Å². The average molecular weight is 371 g/mol. The molecular formula is C20H26N4OS. The van der Waals surface area contributed by atoms with Crippen molar-refractivity contribution in [2.75, 3.05) is 11.6 Å². The lowest BCUT2D eigenvalue weighted by atomic mass is 9.97. The van der Waals surface area contributed by atoms with E-state index in [1.807, 2.05) is 24.5 Å². The lowest BCUT2D eigenvalue weighted by Gasteiger charge is -2.22. The third-order valence-corrected chi connectivity index (χ3v) is 4.95. The monoisotopic (exact) mass is 370 g/mol.